The maximum Gasteiger partial charge on any atom is 0.344 e. The molecule has 28 heavy (non-hydrogen) atoms. The second kappa shape index (κ2) is 8.73. The van der Waals surface area contributed by atoms with Crippen molar-refractivity contribution < 1.29 is 23.8 Å². The van der Waals surface area contributed by atoms with Gasteiger partial charge in [0.15, 0.2) is 6.61 Å². The molecule has 0 N–H and O–H groups in total. The van der Waals surface area contributed by atoms with Gasteiger partial charge in [-0.2, -0.15) is 0 Å². The SMILES string of the molecule is CC(C)(C)OC(=O)COc1ccc(-c2cnc(CC(=O)OC(C)(C)C)s2)cc1. The van der Waals surface area contributed by atoms with Crippen molar-refractivity contribution in [3.63, 3.8) is 0 Å². The molecule has 0 aliphatic carbocycles. The van der Waals surface area contributed by atoms with Crippen molar-refractivity contribution in [1.82, 2.24) is 4.98 Å². The molecule has 2 rings (SSSR count). The van der Waals surface area contributed by atoms with Crippen LogP contribution in [0.25, 0.3) is 10.4 Å². The van der Waals surface area contributed by atoms with Gasteiger partial charge in [-0.25, -0.2) is 9.78 Å². The lowest BCUT2D eigenvalue weighted by Gasteiger charge is -2.19. The highest BCUT2D eigenvalue weighted by Crippen LogP contribution is 2.28. The van der Waals surface area contributed by atoms with Crippen LogP contribution in [-0.4, -0.2) is 34.7 Å². The minimum Gasteiger partial charge on any atom is -0.482 e. The quantitative estimate of drug-likeness (QED) is 0.663. The van der Waals surface area contributed by atoms with Crippen molar-refractivity contribution >= 4 is 23.3 Å². The highest BCUT2D eigenvalue weighted by atomic mass is 32.1. The molecule has 0 unspecified atom stereocenters. The number of esters is 2. The van der Waals surface area contributed by atoms with E-state index in [0.29, 0.717) is 10.8 Å². The molecule has 0 amide bonds. The Morgan fingerprint density at radius 1 is 0.929 bits per heavy atom. The van der Waals surface area contributed by atoms with Gasteiger partial charge in [0.2, 0.25) is 0 Å². The lowest BCUT2D eigenvalue weighted by Crippen LogP contribution is -2.27. The summed E-state index contributed by atoms with van der Waals surface area (Å²) < 4.78 is 16.0. The monoisotopic (exact) mass is 405 g/mol. The summed E-state index contributed by atoms with van der Waals surface area (Å²) in [5, 5.41) is 0.703. The van der Waals surface area contributed by atoms with Crippen LogP contribution < -0.4 is 4.74 Å². The number of carbonyl (C=O) groups is 2. The van der Waals surface area contributed by atoms with Crippen molar-refractivity contribution in [3.8, 4) is 16.2 Å². The van der Waals surface area contributed by atoms with Crippen molar-refractivity contribution in [3.05, 3.63) is 35.5 Å². The predicted molar refractivity (Wildman–Crippen MR) is 108 cm³/mol. The number of hydrogen-bond acceptors (Lipinski definition) is 7. The van der Waals surface area contributed by atoms with Gasteiger partial charge in [-0.15, -0.1) is 11.3 Å². The fourth-order valence-electron chi connectivity index (χ4n) is 2.26. The molecule has 0 atom stereocenters. The van der Waals surface area contributed by atoms with Crippen molar-refractivity contribution in [1.29, 1.82) is 0 Å². The minimum atomic E-state index is -0.534. The summed E-state index contributed by atoms with van der Waals surface area (Å²) in [5.41, 5.74) is -0.0858. The first-order valence-electron chi connectivity index (χ1n) is 9.03. The van der Waals surface area contributed by atoms with E-state index in [1.54, 1.807) is 18.3 Å². The Kier molecular flexibility index (Phi) is 6.82. The topological polar surface area (TPSA) is 74.7 Å². The van der Waals surface area contributed by atoms with E-state index in [9.17, 15) is 9.59 Å². The summed E-state index contributed by atoms with van der Waals surface area (Å²) in [6.45, 7) is 10.8. The average Bonchev–Trinajstić information content (AvgIpc) is 2.98. The van der Waals surface area contributed by atoms with Gasteiger partial charge in [0.05, 0.1) is 11.3 Å². The molecule has 0 saturated heterocycles. The molecular formula is C21H27NO5S. The molecule has 1 aromatic carbocycles. The highest BCUT2D eigenvalue weighted by Gasteiger charge is 2.18. The van der Waals surface area contributed by atoms with E-state index in [2.05, 4.69) is 4.98 Å². The summed E-state index contributed by atoms with van der Waals surface area (Å²) in [5.74, 6) is -0.127. The molecule has 0 spiro atoms. The molecule has 2 aromatic rings. The lowest BCUT2D eigenvalue weighted by atomic mass is 10.2. The number of thiazole rings is 1. The average molecular weight is 406 g/mol. The molecule has 7 heteroatoms. The molecule has 0 bridgehead atoms. The van der Waals surface area contributed by atoms with Crippen molar-refractivity contribution in [2.45, 2.75) is 59.2 Å². The molecule has 1 aromatic heterocycles. The Labute approximate surface area is 169 Å². The maximum absolute atomic E-state index is 11.9. The highest BCUT2D eigenvalue weighted by molar-refractivity contribution is 7.15. The van der Waals surface area contributed by atoms with Gasteiger partial charge in [-0.3, -0.25) is 4.79 Å². The van der Waals surface area contributed by atoms with Crippen LogP contribution in [0.1, 0.15) is 46.6 Å². The minimum absolute atomic E-state index is 0.142. The van der Waals surface area contributed by atoms with Gasteiger partial charge < -0.3 is 14.2 Å². The molecule has 6 nitrogen and oxygen atoms in total. The molecule has 0 saturated carbocycles. The number of carbonyl (C=O) groups excluding carboxylic acids is 2. The largest absolute Gasteiger partial charge is 0.482 e. The molecule has 0 aliphatic heterocycles. The standard InChI is InChI=1S/C21H27NO5S/c1-20(2,3)26-18(23)11-17-22-12-16(28-17)14-7-9-15(10-8-14)25-13-19(24)27-21(4,5)6/h7-10,12H,11,13H2,1-6H3. The Hall–Kier alpha value is -2.41. The van der Waals surface area contributed by atoms with Crippen LogP contribution in [0.3, 0.4) is 0 Å². The van der Waals surface area contributed by atoms with Crippen LogP contribution in [0.4, 0.5) is 0 Å². The van der Waals surface area contributed by atoms with E-state index in [1.807, 2.05) is 53.7 Å². The van der Waals surface area contributed by atoms with Crippen LogP contribution in [-0.2, 0) is 25.5 Å². The number of hydrogen-bond donors (Lipinski definition) is 0. The van der Waals surface area contributed by atoms with E-state index in [0.717, 1.165) is 10.4 Å². The summed E-state index contributed by atoms with van der Waals surface area (Å²) in [6.07, 6.45) is 1.89. The molecule has 152 valence electrons. The second-order valence-corrected chi connectivity index (χ2v) is 9.40. The second-order valence-electron chi connectivity index (χ2n) is 8.28. The summed E-state index contributed by atoms with van der Waals surface area (Å²) in [4.78, 5) is 28.9. The van der Waals surface area contributed by atoms with Gasteiger partial charge >= 0.3 is 11.9 Å². The third-order valence-corrected chi connectivity index (χ3v) is 4.23. The third kappa shape index (κ3) is 7.68. The van der Waals surface area contributed by atoms with Crippen molar-refractivity contribution in [2.24, 2.45) is 0 Å². The zero-order valence-corrected chi connectivity index (χ0v) is 18.0. The van der Waals surface area contributed by atoms with Crippen LogP contribution in [0.2, 0.25) is 0 Å². The Morgan fingerprint density at radius 3 is 2.07 bits per heavy atom. The summed E-state index contributed by atoms with van der Waals surface area (Å²) in [7, 11) is 0. The Balaban J connectivity index is 1.92. The smallest absolute Gasteiger partial charge is 0.344 e. The molecule has 1 heterocycles. The first-order valence-corrected chi connectivity index (χ1v) is 9.84. The number of rotatable bonds is 6. The Bertz CT molecular complexity index is 813. The fraction of sp³-hybridized carbons (Fsp3) is 0.476. The molecule has 0 fully saturated rings. The molecule has 0 radical (unpaired) electrons. The van der Waals surface area contributed by atoms with Crippen LogP contribution in [0, 0.1) is 0 Å². The summed E-state index contributed by atoms with van der Waals surface area (Å²) >= 11 is 1.44. The molecule has 0 aliphatic rings. The summed E-state index contributed by atoms with van der Waals surface area (Å²) in [6, 6.07) is 7.34. The first-order chi connectivity index (χ1) is 12.9. The van der Waals surface area contributed by atoms with E-state index in [-0.39, 0.29) is 19.0 Å². The van der Waals surface area contributed by atoms with E-state index < -0.39 is 17.2 Å². The van der Waals surface area contributed by atoms with Gasteiger partial charge in [-0.1, -0.05) is 0 Å². The normalized spacial score (nSPS) is 11.8. The number of nitrogens with zero attached hydrogens (tertiary/aromatic N) is 1. The van der Waals surface area contributed by atoms with Gasteiger partial charge in [0.1, 0.15) is 22.0 Å². The third-order valence-electron chi connectivity index (χ3n) is 3.18. The first kappa shape index (κ1) is 21.9. The van der Waals surface area contributed by atoms with E-state index in [4.69, 9.17) is 14.2 Å². The van der Waals surface area contributed by atoms with Crippen LogP contribution in [0.5, 0.6) is 5.75 Å². The lowest BCUT2D eigenvalue weighted by molar-refractivity contribution is -0.157. The van der Waals surface area contributed by atoms with Crippen LogP contribution in [0.15, 0.2) is 30.5 Å². The predicted octanol–water partition coefficient (Wildman–Crippen LogP) is 4.41. The van der Waals surface area contributed by atoms with Crippen LogP contribution >= 0.6 is 11.3 Å². The zero-order valence-electron chi connectivity index (χ0n) is 17.2. The number of benzene rings is 1. The van der Waals surface area contributed by atoms with Gasteiger partial charge in [0.25, 0.3) is 0 Å². The van der Waals surface area contributed by atoms with E-state index >= 15 is 0 Å². The number of aromatic nitrogens is 1. The maximum atomic E-state index is 11.9. The zero-order chi connectivity index (χ0) is 20.9. The van der Waals surface area contributed by atoms with Gasteiger partial charge in [0, 0.05) is 6.20 Å². The van der Waals surface area contributed by atoms with Crippen molar-refractivity contribution in [2.75, 3.05) is 6.61 Å². The fourth-order valence-corrected chi connectivity index (χ4v) is 3.16. The molecular weight excluding hydrogens is 378 g/mol. The number of ether oxygens (including phenoxy) is 3. The van der Waals surface area contributed by atoms with Gasteiger partial charge in [-0.05, 0) is 71.4 Å². The van der Waals surface area contributed by atoms with E-state index in [1.165, 1.54) is 11.3 Å². The Morgan fingerprint density at radius 2 is 1.50 bits per heavy atom.